The summed E-state index contributed by atoms with van der Waals surface area (Å²) in [4.78, 5) is 2.41. The van der Waals surface area contributed by atoms with Gasteiger partial charge in [0.05, 0.1) is 0 Å². The van der Waals surface area contributed by atoms with E-state index >= 15 is 0 Å². The average Bonchev–Trinajstić information content (AvgIpc) is 2.33. The highest BCUT2D eigenvalue weighted by Crippen LogP contribution is 2.34. The predicted octanol–water partition coefficient (Wildman–Crippen LogP) is 3.28. The first-order valence-corrected chi connectivity index (χ1v) is 7.25. The molecular weight excluding hydrogens is 236 g/mol. The Hall–Kier alpha value is -1.22. The molecule has 3 N–H and O–H groups in total. The van der Waals surface area contributed by atoms with Crippen LogP contribution in [0.25, 0.3) is 0 Å². The van der Waals surface area contributed by atoms with Crippen LogP contribution in [0.1, 0.15) is 45.7 Å². The smallest absolute Gasteiger partial charge is 0.122 e. The lowest BCUT2D eigenvalue weighted by Crippen LogP contribution is -2.45. The lowest BCUT2D eigenvalue weighted by atomic mass is 9.85. The summed E-state index contributed by atoms with van der Waals surface area (Å²) < 4.78 is 0. The molecule has 1 aliphatic heterocycles. The van der Waals surface area contributed by atoms with Gasteiger partial charge in [0.25, 0.3) is 0 Å². The minimum atomic E-state index is -0.134. The van der Waals surface area contributed by atoms with E-state index in [-0.39, 0.29) is 6.04 Å². The zero-order valence-corrected chi connectivity index (χ0v) is 12.4. The van der Waals surface area contributed by atoms with Crippen LogP contribution >= 0.6 is 0 Å². The largest absolute Gasteiger partial charge is 0.508 e. The van der Waals surface area contributed by atoms with Crippen LogP contribution in [0.15, 0.2) is 18.2 Å². The first kappa shape index (κ1) is 14.2. The number of hydrogen-bond donors (Lipinski definition) is 2. The maximum Gasteiger partial charge on any atom is 0.122 e. The SMILES string of the molecule is CC1CC(C)C(C)N(c2ccc(C(C)N)c(O)c2)C1. The molecule has 1 heterocycles. The zero-order chi connectivity index (χ0) is 14.2. The van der Waals surface area contributed by atoms with Crippen LogP contribution in [0.3, 0.4) is 0 Å². The van der Waals surface area contributed by atoms with Gasteiger partial charge in [-0.2, -0.15) is 0 Å². The first-order chi connectivity index (χ1) is 8.90. The van der Waals surface area contributed by atoms with Gasteiger partial charge in [-0.15, -0.1) is 0 Å². The fourth-order valence-electron chi connectivity index (χ4n) is 3.15. The number of benzene rings is 1. The summed E-state index contributed by atoms with van der Waals surface area (Å²) in [6.45, 7) is 9.83. The highest BCUT2D eigenvalue weighted by Gasteiger charge is 2.29. The number of aromatic hydroxyl groups is 1. The minimum absolute atomic E-state index is 0.134. The Labute approximate surface area is 116 Å². The van der Waals surface area contributed by atoms with Crippen molar-refractivity contribution in [2.24, 2.45) is 17.6 Å². The van der Waals surface area contributed by atoms with E-state index in [9.17, 15) is 5.11 Å². The molecule has 0 saturated carbocycles. The number of phenols is 1. The second-order valence-electron chi connectivity index (χ2n) is 6.24. The maximum absolute atomic E-state index is 10.1. The van der Waals surface area contributed by atoms with Gasteiger partial charge in [-0.1, -0.05) is 19.9 Å². The van der Waals surface area contributed by atoms with Crippen molar-refractivity contribution >= 4 is 5.69 Å². The average molecular weight is 262 g/mol. The number of nitrogens with zero attached hydrogens (tertiary/aromatic N) is 1. The van der Waals surface area contributed by atoms with Crippen LogP contribution in [0.2, 0.25) is 0 Å². The zero-order valence-electron chi connectivity index (χ0n) is 12.4. The molecule has 0 aliphatic carbocycles. The van der Waals surface area contributed by atoms with Gasteiger partial charge >= 0.3 is 0 Å². The van der Waals surface area contributed by atoms with Crippen molar-refractivity contribution in [2.45, 2.75) is 46.2 Å². The molecule has 106 valence electrons. The van der Waals surface area contributed by atoms with Crippen molar-refractivity contribution in [3.05, 3.63) is 23.8 Å². The van der Waals surface area contributed by atoms with Crippen LogP contribution in [-0.4, -0.2) is 17.7 Å². The highest BCUT2D eigenvalue weighted by molar-refractivity contribution is 5.55. The molecule has 0 aromatic heterocycles. The van der Waals surface area contributed by atoms with Crippen molar-refractivity contribution in [1.29, 1.82) is 0 Å². The normalized spacial score (nSPS) is 29.3. The lowest BCUT2D eigenvalue weighted by Gasteiger charge is -2.42. The fourth-order valence-corrected chi connectivity index (χ4v) is 3.15. The van der Waals surface area contributed by atoms with E-state index in [2.05, 4.69) is 31.7 Å². The Bertz CT molecular complexity index is 444. The maximum atomic E-state index is 10.1. The van der Waals surface area contributed by atoms with Crippen molar-refractivity contribution in [1.82, 2.24) is 0 Å². The molecule has 3 heteroatoms. The van der Waals surface area contributed by atoms with E-state index in [1.807, 2.05) is 19.1 Å². The predicted molar refractivity (Wildman–Crippen MR) is 80.5 cm³/mol. The standard InChI is InChI=1S/C16H26N2O/c1-10-7-11(2)13(4)18(9-10)14-5-6-15(12(3)17)16(19)8-14/h5-6,8,10-13,19H,7,9,17H2,1-4H3. The Morgan fingerprint density at radius 2 is 2.00 bits per heavy atom. The highest BCUT2D eigenvalue weighted by atomic mass is 16.3. The van der Waals surface area contributed by atoms with Gasteiger partial charge in [-0.05, 0) is 38.2 Å². The molecule has 2 rings (SSSR count). The number of phenolic OH excluding ortho intramolecular Hbond substituents is 1. The summed E-state index contributed by atoms with van der Waals surface area (Å²) >= 11 is 0. The molecule has 0 amide bonds. The number of piperidine rings is 1. The molecule has 1 aliphatic rings. The molecule has 0 radical (unpaired) electrons. The third kappa shape index (κ3) is 2.86. The summed E-state index contributed by atoms with van der Waals surface area (Å²) in [5, 5.41) is 10.1. The van der Waals surface area contributed by atoms with Crippen LogP contribution < -0.4 is 10.6 Å². The van der Waals surface area contributed by atoms with Crippen molar-refractivity contribution in [2.75, 3.05) is 11.4 Å². The summed E-state index contributed by atoms with van der Waals surface area (Å²) in [6, 6.07) is 6.27. The number of nitrogens with two attached hydrogens (primary N) is 1. The number of rotatable bonds is 2. The Morgan fingerprint density at radius 3 is 2.58 bits per heavy atom. The van der Waals surface area contributed by atoms with E-state index in [0.717, 1.165) is 17.8 Å². The molecule has 4 atom stereocenters. The van der Waals surface area contributed by atoms with E-state index < -0.39 is 0 Å². The van der Waals surface area contributed by atoms with Gasteiger partial charge in [0.1, 0.15) is 5.75 Å². The third-order valence-corrected chi connectivity index (χ3v) is 4.43. The molecule has 1 fully saturated rings. The summed E-state index contributed by atoms with van der Waals surface area (Å²) in [7, 11) is 0. The quantitative estimate of drug-likeness (QED) is 0.860. The third-order valence-electron chi connectivity index (χ3n) is 4.43. The van der Waals surface area contributed by atoms with Crippen LogP contribution in [0, 0.1) is 11.8 Å². The van der Waals surface area contributed by atoms with Crippen LogP contribution in [0.4, 0.5) is 5.69 Å². The Morgan fingerprint density at radius 1 is 1.32 bits per heavy atom. The molecule has 0 bridgehead atoms. The van der Waals surface area contributed by atoms with Gasteiger partial charge in [0, 0.05) is 35.9 Å². The molecular formula is C16H26N2O. The van der Waals surface area contributed by atoms with E-state index in [1.165, 1.54) is 6.42 Å². The van der Waals surface area contributed by atoms with Crippen molar-refractivity contribution < 1.29 is 5.11 Å². The lowest BCUT2D eigenvalue weighted by molar-refractivity contribution is 0.297. The van der Waals surface area contributed by atoms with Gasteiger partial charge in [-0.25, -0.2) is 0 Å². The summed E-state index contributed by atoms with van der Waals surface area (Å²) in [5.41, 5.74) is 7.76. The Kier molecular flexibility index (Phi) is 4.04. The van der Waals surface area contributed by atoms with E-state index in [0.29, 0.717) is 23.6 Å². The monoisotopic (exact) mass is 262 g/mol. The molecule has 4 unspecified atom stereocenters. The van der Waals surface area contributed by atoms with E-state index in [1.54, 1.807) is 0 Å². The van der Waals surface area contributed by atoms with Crippen molar-refractivity contribution in [3.63, 3.8) is 0 Å². The number of hydrogen-bond acceptors (Lipinski definition) is 3. The van der Waals surface area contributed by atoms with Gasteiger partial charge < -0.3 is 15.7 Å². The van der Waals surface area contributed by atoms with Gasteiger partial charge in [0.2, 0.25) is 0 Å². The second-order valence-corrected chi connectivity index (χ2v) is 6.24. The van der Waals surface area contributed by atoms with Crippen LogP contribution in [0.5, 0.6) is 5.75 Å². The first-order valence-electron chi connectivity index (χ1n) is 7.25. The molecule has 1 aromatic rings. The Balaban J connectivity index is 2.28. The topological polar surface area (TPSA) is 49.5 Å². The minimum Gasteiger partial charge on any atom is -0.508 e. The summed E-state index contributed by atoms with van der Waals surface area (Å²) in [5.74, 6) is 1.69. The van der Waals surface area contributed by atoms with Gasteiger partial charge in [-0.3, -0.25) is 0 Å². The van der Waals surface area contributed by atoms with Gasteiger partial charge in [0.15, 0.2) is 0 Å². The molecule has 3 nitrogen and oxygen atoms in total. The molecule has 19 heavy (non-hydrogen) atoms. The molecule has 0 spiro atoms. The second kappa shape index (κ2) is 5.41. The fraction of sp³-hybridized carbons (Fsp3) is 0.625. The summed E-state index contributed by atoms with van der Waals surface area (Å²) in [6.07, 6.45) is 1.28. The number of anilines is 1. The molecule has 1 saturated heterocycles. The van der Waals surface area contributed by atoms with Crippen LogP contribution in [-0.2, 0) is 0 Å². The van der Waals surface area contributed by atoms with E-state index in [4.69, 9.17) is 5.73 Å². The molecule has 1 aromatic carbocycles. The van der Waals surface area contributed by atoms with Crippen molar-refractivity contribution in [3.8, 4) is 5.75 Å².